The fourth-order valence-corrected chi connectivity index (χ4v) is 4.42. The second kappa shape index (κ2) is 8.38. The van der Waals surface area contributed by atoms with Crippen LogP contribution in [0.2, 0.25) is 0 Å². The minimum Gasteiger partial charge on any atom is -0.265 e. The van der Waals surface area contributed by atoms with Gasteiger partial charge in [-0.2, -0.15) is 13.2 Å². The summed E-state index contributed by atoms with van der Waals surface area (Å²) in [5.41, 5.74) is 0.775. The maximum atomic E-state index is 12.8. The van der Waals surface area contributed by atoms with Gasteiger partial charge in [0.1, 0.15) is 0 Å². The molecule has 1 N–H and O–H groups in total. The van der Waals surface area contributed by atoms with Gasteiger partial charge in [0.05, 0.1) is 21.2 Å². The molecule has 1 aromatic carbocycles. The number of aromatic nitrogens is 2. The molecule has 2 heterocycles. The molecule has 148 valence electrons. The molecule has 0 amide bonds. The fraction of sp³-hybridized carbons (Fsp3) is 0.222. The number of pyridine rings is 1. The van der Waals surface area contributed by atoms with Gasteiger partial charge in [-0.1, -0.05) is 6.07 Å². The third-order valence-electron chi connectivity index (χ3n) is 3.86. The van der Waals surface area contributed by atoms with Crippen molar-refractivity contribution in [1.82, 2.24) is 14.7 Å². The lowest BCUT2D eigenvalue weighted by Gasteiger charge is -2.10. The molecule has 10 heteroatoms. The van der Waals surface area contributed by atoms with E-state index < -0.39 is 26.7 Å². The molecule has 2 aromatic heterocycles. The van der Waals surface area contributed by atoms with Crippen LogP contribution in [0.1, 0.15) is 17.0 Å². The number of hydrogen-bond donors (Lipinski definition) is 1. The molecule has 0 aliphatic carbocycles. The van der Waals surface area contributed by atoms with Gasteiger partial charge in [0.2, 0.25) is 10.0 Å². The number of hydrogen-bond acceptors (Lipinski definition) is 5. The van der Waals surface area contributed by atoms with Crippen molar-refractivity contribution in [2.45, 2.75) is 23.9 Å². The molecule has 0 bridgehead atoms. The quantitative estimate of drug-likeness (QED) is 0.576. The van der Waals surface area contributed by atoms with E-state index in [0.29, 0.717) is 18.9 Å². The van der Waals surface area contributed by atoms with E-state index >= 15 is 0 Å². The Hall–Kier alpha value is -2.30. The third kappa shape index (κ3) is 5.15. The van der Waals surface area contributed by atoms with Crippen LogP contribution in [0.5, 0.6) is 0 Å². The van der Waals surface area contributed by atoms with Crippen LogP contribution in [0.25, 0.3) is 11.3 Å². The highest BCUT2D eigenvalue weighted by atomic mass is 32.2. The first-order valence-corrected chi connectivity index (χ1v) is 10.6. The summed E-state index contributed by atoms with van der Waals surface area (Å²) in [6.45, 7) is 0.0999. The lowest BCUT2D eigenvalue weighted by Crippen LogP contribution is -2.25. The van der Waals surface area contributed by atoms with Crippen LogP contribution in [0, 0.1) is 0 Å². The summed E-state index contributed by atoms with van der Waals surface area (Å²) < 4.78 is 65.0. The van der Waals surface area contributed by atoms with E-state index in [1.807, 2.05) is 17.5 Å². The Morgan fingerprint density at radius 1 is 1.11 bits per heavy atom. The topological polar surface area (TPSA) is 72.0 Å². The molecule has 0 atom stereocenters. The highest BCUT2D eigenvalue weighted by molar-refractivity contribution is 7.89. The predicted octanol–water partition coefficient (Wildman–Crippen LogP) is 4.14. The molecule has 0 radical (unpaired) electrons. The Morgan fingerprint density at radius 2 is 1.86 bits per heavy atom. The number of sulfonamides is 1. The second-order valence-corrected chi connectivity index (χ2v) is 8.60. The Morgan fingerprint density at radius 3 is 2.57 bits per heavy atom. The summed E-state index contributed by atoms with van der Waals surface area (Å²) in [4.78, 5) is 8.05. The first-order valence-electron chi connectivity index (χ1n) is 8.27. The zero-order valence-corrected chi connectivity index (χ0v) is 16.1. The summed E-state index contributed by atoms with van der Waals surface area (Å²) in [5.74, 6) is 0. The summed E-state index contributed by atoms with van der Waals surface area (Å²) >= 11 is 1.47. The van der Waals surface area contributed by atoms with Crippen LogP contribution in [0.4, 0.5) is 13.2 Å². The number of alkyl halides is 3. The van der Waals surface area contributed by atoms with Crippen LogP contribution in [0.3, 0.4) is 0 Å². The Kier molecular flexibility index (Phi) is 6.11. The van der Waals surface area contributed by atoms with Crippen molar-refractivity contribution >= 4 is 21.4 Å². The minimum atomic E-state index is -4.59. The van der Waals surface area contributed by atoms with Gasteiger partial charge in [-0.15, -0.1) is 11.3 Å². The van der Waals surface area contributed by atoms with Crippen LogP contribution < -0.4 is 4.72 Å². The molecular weight excluding hydrogens is 411 g/mol. The van der Waals surface area contributed by atoms with Crippen molar-refractivity contribution in [2.75, 3.05) is 6.54 Å². The normalized spacial score (nSPS) is 12.2. The van der Waals surface area contributed by atoms with E-state index in [1.54, 1.807) is 12.4 Å². The number of aryl methyl sites for hydroxylation is 1. The van der Waals surface area contributed by atoms with Gasteiger partial charge in [0.15, 0.2) is 0 Å². The van der Waals surface area contributed by atoms with Crippen molar-refractivity contribution in [3.63, 3.8) is 0 Å². The van der Waals surface area contributed by atoms with Gasteiger partial charge in [-0.25, -0.2) is 18.1 Å². The minimum absolute atomic E-state index is 0.0999. The van der Waals surface area contributed by atoms with E-state index in [9.17, 15) is 21.6 Å². The first kappa shape index (κ1) is 20.4. The third-order valence-corrected chi connectivity index (χ3v) is 6.23. The first-order chi connectivity index (χ1) is 13.3. The molecular formula is C18H16F3N3O2S2. The summed E-state index contributed by atoms with van der Waals surface area (Å²) in [6.07, 6.45) is -0.209. The molecule has 28 heavy (non-hydrogen) atoms. The Balaban J connectivity index is 1.56. The van der Waals surface area contributed by atoms with Gasteiger partial charge >= 0.3 is 6.18 Å². The smallest absolute Gasteiger partial charge is 0.265 e. The molecule has 0 unspecified atom stereocenters. The van der Waals surface area contributed by atoms with Crippen LogP contribution >= 0.6 is 11.3 Å². The van der Waals surface area contributed by atoms with E-state index in [2.05, 4.69) is 14.7 Å². The highest BCUT2D eigenvalue weighted by Crippen LogP contribution is 2.30. The van der Waals surface area contributed by atoms with Crippen LogP contribution in [0.15, 0.2) is 59.1 Å². The second-order valence-electron chi connectivity index (χ2n) is 5.89. The Labute approximate surface area is 164 Å². The van der Waals surface area contributed by atoms with Gasteiger partial charge in [0.25, 0.3) is 0 Å². The molecule has 0 spiro atoms. The summed E-state index contributed by atoms with van der Waals surface area (Å²) in [7, 11) is -4.01. The summed E-state index contributed by atoms with van der Waals surface area (Å²) in [5, 5.41) is 2.77. The monoisotopic (exact) mass is 427 g/mol. The van der Waals surface area contributed by atoms with Crippen molar-refractivity contribution in [3.05, 3.63) is 64.7 Å². The zero-order chi connectivity index (χ0) is 20.2. The largest absolute Gasteiger partial charge is 0.416 e. The van der Waals surface area contributed by atoms with Crippen LogP contribution in [-0.4, -0.2) is 24.9 Å². The highest BCUT2D eigenvalue weighted by Gasteiger charge is 2.31. The molecule has 0 aliphatic heterocycles. The van der Waals surface area contributed by atoms with E-state index in [1.165, 1.54) is 11.3 Å². The number of thiazole rings is 1. The fourth-order valence-electron chi connectivity index (χ4n) is 2.45. The van der Waals surface area contributed by atoms with E-state index in [-0.39, 0.29) is 6.54 Å². The summed E-state index contributed by atoms with van der Waals surface area (Å²) in [6, 6.07) is 7.38. The molecule has 0 saturated carbocycles. The number of rotatable bonds is 7. The lowest BCUT2D eigenvalue weighted by atomic mass is 10.2. The van der Waals surface area contributed by atoms with Gasteiger partial charge in [0, 0.05) is 36.3 Å². The maximum absolute atomic E-state index is 12.8. The molecule has 3 rings (SSSR count). The van der Waals surface area contributed by atoms with Crippen LogP contribution in [-0.2, 0) is 22.6 Å². The van der Waals surface area contributed by atoms with Crippen molar-refractivity contribution in [2.24, 2.45) is 0 Å². The molecule has 3 aromatic rings. The van der Waals surface area contributed by atoms with Gasteiger partial charge < -0.3 is 0 Å². The molecule has 0 fully saturated rings. The SMILES string of the molecule is O=S(=O)(NCCCc1nc(-c2ccncc2)cs1)c1cccc(C(F)(F)F)c1. The number of halogens is 3. The standard InChI is InChI=1S/C18H16F3N3O2S2/c19-18(20,21)14-3-1-4-15(11-14)28(25,26)23-8-2-5-17-24-16(12-27-17)13-6-9-22-10-7-13/h1,3-4,6-7,9-12,23H,2,5,8H2. The zero-order valence-electron chi connectivity index (χ0n) is 14.5. The molecule has 0 saturated heterocycles. The number of nitrogens with one attached hydrogen (secondary N) is 1. The number of nitrogens with zero attached hydrogens (tertiary/aromatic N) is 2. The molecule has 0 aliphatic rings. The number of benzene rings is 1. The average Bonchev–Trinajstić information content (AvgIpc) is 3.14. The maximum Gasteiger partial charge on any atom is 0.416 e. The van der Waals surface area contributed by atoms with Crippen molar-refractivity contribution < 1.29 is 21.6 Å². The predicted molar refractivity (Wildman–Crippen MR) is 100 cm³/mol. The molecule has 5 nitrogen and oxygen atoms in total. The lowest BCUT2D eigenvalue weighted by molar-refractivity contribution is -0.137. The average molecular weight is 427 g/mol. The van der Waals surface area contributed by atoms with Gasteiger partial charge in [-0.05, 0) is 36.8 Å². The van der Waals surface area contributed by atoms with E-state index in [0.717, 1.165) is 34.5 Å². The van der Waals surface area contributed by atoms with Crippen molar-refractivity contribution in [3.8, 4) is 11.3 Å². The van der Waals surface area contributed by atoms with E-state index in [4.69, 9.17) is 0 Å². The van der Waals surface area contributed by atoms with Crippen molar-refractivity contribution in [1.29, 1.82) is 0 Å². The van der Waals surface area contributed by atoms with Gasteiger partial charge in [-0.3, -0.25) is 4.98 Å². The Bertz CT molecular complexity index is 1040.